The summed E-state index contributed by atoms with van der Waals surface area (Å²) in [7, 11) is 0. The molecule has 2 aromatic rings. The highest BCUT2D eigenvalue weighted by atomic mass is 79.9. The molecule has 3 aliphatic rings. The van der Waals surface area contributed by atoms with Crippen LogP contribution in [0.4, 0.5) is 4.39 Å². The van der Waals surface area contributed by atoms with Gasteiger partial charge < -0.3 is 14.7 Å². The van der Waals surface area contributed by atoms with E-state index < -0.39 is 11.9 Å². The van der Waals surface area contributed by atoms with Gasteiger partial charge in [0.05, 0.1) is 10.9 Å². The molecule has 0 bridgehead atoms. The minimum atomic E-state index is -0.907. The Kier molecular flexibility index (Phi) is 7.29. The monoisotopic (exact) mass is 567 g/mol. The summed E-state index contributed by atoms with van der Waals surface area (Å²) in [6.45, 7) is 0.516. The summed E-state index contributed by atoms with van der Waals surface area (Å²) >= 11 is 3.60. The highest BCUT2D eigenvalue weighted by molar-refractivity contribution is 9.10. The molecule has 0 radical (unpaired) electrons. The first-order valence-electron chi connectivity index (χ1n) is 12.5. The fourth-order valence-electron chi connectivity index (χ4n) is 5.58. The van der Waals surface area contributed by atoms with Gasteiger partial charge in [0.2, 0.25) is 0 Å². The molecule has 2 aliphatic carbocycles. The summed E-state index contributed by atoms with van der Waals surface area (Å²) in [4.78, 5) is 40.0. The maximum Gasteiger partial charge on any atom is 0.305 e. The van der Waals surface area contributed by atoms with E-state index in [1.54, 1.807) is 12.1 Å². The Morgan fingerprint density at radius 2 is 1.59 bits per heavy atom. The fourth-order valence-corrected chi connectivity index (χ4v) is 6.09. The van der Waals surface area contributed by atoms with E-state index >= 15 is 0 Å². The molecule has 37 heavy (non-hydrogen) atoms. The Balaban J connectivity index is 1.52. The number of hydrogen-bond donors (Lipinski definition) is 1. The number of benzene rings is 2. The number of Topliss-reactive ketones (excluding diaryl/α,β-unsaturated/α-hetero) is 2. The van der Waals surface area contributed by atoms with Crippen molar-refractivity contribution in [1.82, 2.24) is 4.90 Å². The number of halogens is 2. The van der Waals surface area contributed by atoms with Gasteiger partial charge in [-0.3, -0.25) is 14.4 Å². The summed E-state index contributed by atoms with van der Waals surface area (Å²) in [5, 5.41) is 9.33. The number of nitrogens with zero attached hydrogens (tertiary/aromatic N) is 1. The second kappa shape index (κ2) is 10.6. The topological polar surface area (TPSA) is 83.9 Å². The van der Waals surface area contributed by atoms with Crippen LogP contribution in [-0.4, -0.2) is 34.1 Å². The van der Waals surface area contributed by atoms with Crippen molar-refractivity contribution in [2.75, 3.05) is 6.54 Å². The van der Waals surface area contributed by atoms with E-state index in [9.17, 15) is 23.9 Å². The third kappa shape index (κ3) is 5.12. The van der Waals surface area contributed by atoms with Crippen LogP contribution in [0.2, 0.25) is 0 Å². The van der Waals surface area contributed by atoms with E-state index in [1.807, 2.05) is 23.1 Å². The molecule has 1 heterocycles. The van der Waals surface area contributed by atoms with Crippen molar-refractivity contribution in [2.24, 2.45) is 0 Å². The second-order valence-electron chi connectivity index (χ2n) is 9.61. The first kappa shape index (κ1) is 25.4. The minimum Gasteiger partial charge on any atom is -0.488 e. The molecule has 0 atom stereocenters. The molecule has 2 aromatic carbocycles. The van der Waals surface area contributed by atoms with Gasteiger partial charge in [-0.15, -0.1) is 0 Å². The summed E-state index contributed by atoms with van der Waals surface area (Å²) in [6.07, 6.45) is 3.56. The number of aliphatic carboxylic acids is 1. The van der Waals surface area contributed by atoms with E-state index in [4.69, 9.17) is 4.74 Å². The average molecular weight is 568 g/mol. The zero-order chi connectivity index (χ0) is 26.1. The third-order valence-electron chi connectivity index (χ3n) is 7.23. The lowest BCUT2D eigenvalue weighted by molar-refractivity contribution is -0.137. The number of carbonyl (C=O) groups is 3. The molecule has 0 aromatic heterocycles. The number of carbonyl (C=O) groups excluding carboxylic acids is 2. The molecule has 1 aliphatic heterocycles. The number of hydrogen-bond acceptors (Lipinski definition) is 5. The van der Waals surface area contributed by atoms with E-state index in [0.29, 0.717) is 59.9 Å². The molecule has 192 valence electrons. The number of ketones is 2. The Hall–Kier alpha value is -3.26. The number of allylic oxidation sites excluding steroid dienone is 4. The quantitative estimate of drug-likeness (QED) is 0.438. The lowest BCUT2D eigenvalue weighted by Crippen LogP contribution is -2.39. The van der Waals surface area contributed by atoms with Gasteiger partial charge in [0, 0.05) is 47.8 Å². The van der Waals surface area contributed by atoms with Crippen LogP contribution in [0.1, 0.15) is 62.0 Å². The first-order chi connectivity index (χ1) is 17.8. The van der Waals surface area contributed by atoms with Gasteiger partial charge in [-0.2, -0.15) is 0 Å². The first-order valence-corrected chi connectivity index (χ1v) is 13.3. The SMILES string of the molecule is O=C(O)CCN1C2=C(C(=O)CCC2)C(c2ccc(OCc3ccc(F)cc3)c(Br)c2)C2=C1CCCC2=O. The van der Waals surface area contributed by atoms with E-state index in [0.717, 1.165) is 22.5 Å². The molecule has 0 unspecified atom stereocenters. The molecule has 0 fully saturated rings. The van der Waals surface area contributed by atoms with Crippen molar-refractivity contribution < 1.29 is 28.6 Å². The van der Waals surface area contributed by atoms with Crippen molar-refractivity contribution in [2.45, 2.75) is 57.5 Å². The molecular formula is C29H27BrFNO5. The van der Waals surface area contributed by atoms with Gasteiger partial charge >= 0.3 is 5.97 Å². The number of rotatable bonds is 7. The van der Waals surface area contributed by atoms with Gasteiger partial charge in [0.25, 0.3) is 0 Å². The smallest absolute Gasteiger partial charge is 0.305 e. The number of carboxylic acids is 1. The van der Waals surface area contributed by atoms with Gasteiger partial charge in [-0.25, -0.2) is 4.39 Å². The highest BCUT2D eigenvalue weighted by Gasteiger charge is 2.43. The molecule has 5 rings (SSSR count). The van der Waals surface area contributed by atoms with Gasteiger partial charge in [-0.05, 0) is 77.0 Å². The molecule has 6 nitrogen and oxygen atoms in total. The standard InChI is InChI=1S/C29H27BrFNO5/c30-20-15-18(9-12-25(20)37-16-17-7-10-19(31)11-8-17)27-28-21(3-1-5-23(28)33)32(14-13-26(35)36)22-4-2-6-24(34)29(22)27/h7-12,15,27H,1-6,13-14,16H2,(H,35,36). The second-order valence-corrected chi connectivity index (χ2v) is 10.5. The van der Waals surface area contributed by atoms with Crippen molar-refractivity contribution >= 4 is 33.5 Å². The zero-order valence-electron chi connectivity index (χ0n) is 20.3. The Bertz CT molecular complexity index is 1290. The predicted octanol–water partition coefficient (Wildman–Crippen LogP) is 6.06. The largest absolute Gasteiger partial charge is 0.488 e. The van der Waals surface area contributed by atoms with E-state index in [2.05, 4.69) is 15.9 Å². The Morgan fingerprint density at radius 1 is 0.973 bits per heavy atom. The van der Waals surface area contributed by atoms with Gasteiger partial charge in [-0.1, -0.05) is 18.2 Å². The van der Waals surface area contributed by atoms with Crippen LogP contribution >= 0.6 is 15.9 Å². The lowest BCUT2D eigenvalue weighted by atomic mass is 9.71. The summed E-state index contributed by atoms with van der Waals surface area (Å²) < 4.78 is 19.8. The fraction of sp³-hybridized carbons (Fsp3) is 0.345. The van der Waals surface area contributed by atoms with Crippen molar-refractivity contribution in [1.29, 1.82) is 0 Å². The molecular weight excluding hydrogens is 541 g/mol. The van der Waals surface area contributed by atoms with E-state index in [-0.39, 0.29) is 37.0 Å². The van der Waals surface area contributed by atoms with Crippen molar-refractivity contribution in [3.63, 3.8) is 0 Å². The van der Waals surface area contributed by atoms with Crippen LogP contribution in [0.25, 0.3) is 0 Å². The minimum absolute atomic E-state index is 0.0178. The van der Waals surface area contributed by atoms with Crippen LogP contribution in [0, 0.1) is 5.82 Å². The molecule has 0 amide bonds. The van der Waals surface area contributed by atoms with Gasteiger partial charge in [0.1, 0.15) is 18.2 Å². The molecule has 0 saturated carbocycles. The Morgan fingerprint density at radius 3 is 2.16 bits per heavy atom. The van der Waals surface area contributed by atoms with Gasteiger partial charge in [0.15, 0.2) is 11.6 Å². The molecule has 8 heteroatoms. The summed E-state index contributed by atoms with van der Waals surface area (Å²) in [5.74, 6) is -1.06. The number of carboxylic acid groups (broad SMARTS) is 1. The maximum absolute atomic E-state index is 13.3. The van der Waals surface area contributed by atoms with Crippen LogP contribution in [0.3, 0.4) is 0 Å². The van der Waals surface area contributed by atoms with Crippen molar-refractivity contribution in [3.8, 4) is 5.75 Å². The third-order valence-corrected chi connectivity index (χ3v) is 7.85. The molecule has 0 spiro atoms. The van der Waals surface area contributed by atoms with Crippen LogP contribution in [-0.2, 0) is 21.0 Å². The lowest BCUT2D eigenvalue weighted by Gasteiger charge is -2.44. The predicted molar refractivity (Wildman–Crippen MR) is 138 cm³/mol. The molecule has 0 saturated heterocycles. The van der Waals surface area contributed by atoms with Crippen LogP contribution < -0.4 is 4.74 Å². The summed E-state index contributed by atoms with van der Waals surface area (Å²) in [6, 6.07) is 11.7. The van der Waals surface area contributed by atoms with E-state index in [1.165, 1.54) is 12.1 Å². The highest BCUT2D eigenvalue weighted by Crippen LogP contribution is 2.49. The zero-order valence-corrected chi connectivity index (χ0v) is 21.9. The maximum atomic E-state index is 13.3. The summed E-state index contributed by atoms with van der Waals surface area (Å²) in [5.41, 5.74) is 4.63. The van der Waals surface area contributed by atoms with Crippen LogP contribution in [0.5, 0.6) is 5.75 Å². The number of ether oxygens (including phenoxy) is 1. The van der Waals surface area contributed by atoms with Crippen molar-refractivity contribution in [3.05, 3.63) is 86.4 Å². The average Bonchev–Trinajstić information content (AvgIpc) is 2.87. The molecule has 1 N–H and O–H groups in total. The van der Waals surface area contributed by atoms with Crippen LogP contribution in [0.15, 0.2) is 69.5 Å². The normalized spacial score (nSPS) is 18.2. The Labute approximate surface area is 222 Å².